The zero-order chi connectivity index (χ0) is 18.4. The van der Waals surface area contributed by atoms with E-state index in [2.05, 4.69) is 55.3 Å². The first kappa shape index (κ1) is 23.6. The number of aliphatic imine (C=N–C) groups is 1. The van der Waals surface area contributed by atoms with Gasteiger partial charge in [0.15, 0.2) is 5.96 Å². The standard InChI is InChI=1S/C19H34N4OS.HI/c1-7-20-18(23(6)12-16-13-25-14(2)22-16)21-11-15-9-8-10-24-17(15)19(3,4)5;/h13,15,17H,7-12H2,1-6H3,(H,20,21);1H. The van der Waals surface area contributed by atoms with Crippen LogP contribution in [0.5, 0.6) is 0 Å². The maximum Gasteiger partial charge on any atom is 0.194 e. The Morgan fingerprint density at radius 1 is 1.46 bits per heavy atom. The zero-order valence-electron chi connectivity index (χ0n) is 17.0. The second-order valence-corrected chi connectivity index (χ2v) is 9.03. The summed E-state index contributed by atoms with van der Waals surface area (Å²) in [6.45, 7) is 14.3. The molecule has 0 aliphatic carbocycles. The average Bonchev–Trinajstić information content (AvgIpc) is 2.95. The highest BCUT2D eigenvalue weighted by Gasteiger charge is 2.35. The Hall–Kier alpha value is -0.410. The van der Waals surface area contributed by atoms with Crippen molar-refractivity contribution in [1.82, 2.24) is 15.2 Å². The third-order valence-electron chi connectivity index (χ3n) is 4.54. The number of nitrogens with zero attached hydrogens (tertiary/aromatic N) is 3. The van der Waals surface area contributed by atoms with Gasteiger partial charge >= 0.3 is 0 Å². The number of rotatable bonds is 5. The first-order valence-electron chi connectivity index (χ1n) is 9.33. The predicted octanol–water partition coefficient (Wildman–Crippen LogP) is 4.31. The molecule has 1 N–H and O–H groups in total. The Bertz CT molecular complexity index is 570. The van der Waals surface area contributed by atoms with Gasteiger partial charge in [-0.1, -0.05) is 20.8 Å². The van der Waals surface area contributed by atoms with Crippen LogP contribution in [0.3, 0.4) is 0 Å². The Labute approximate surface area is 180 Å². The number of hydrogen-bond donors (Lipinski definition) is 1. The van der Waals surface area contributed by atoms with E-state index < -0.39 is 0 Å². The third kappa shape index (κ3) is 6.96. The molecule has 1 saturated heterocycles. The van der Waals surface area contributed by atoms with Crippen molar-refractivity contribution in [1.29, 1.82) is 0 Å². The van der Waals surface area contributed by atoms with E-state index in [9.17, 15) is 0 Å². The first-order chi connectivity index (χ1) is 11.8. The molecule has 2 unspecified atom stereocenters. The van der Waals surface area contributed by atoms with E-state index in [1.807, 2.05) is 6.92 Å². The predicted molar refractivity (Wildman–Crippen MR) is 122 cm³/mol. The molecule has 1 aliphatic rings. The van der Waals surface area contributed by atoms with Crippen molar-refractivity contribution in [2.24, 2.45) is 16.3 Å². The maximum absolute atomic E-state index is 6.09. The summed E-state index contributed by atoms with van der Waals surface area (Å²) in [5, 5.41) is 6.65. The number of thiazole rings is 1. The van der Waals surface area contributed by atoms with Gasteiger partial charge in [0.05, 0.1) is 23.4 Å². The van der Waals surface area contributed by atoms with Gasteiger partial charge in [-0.05, 0) is 32.1 Å². The van der Waals surface area contributed by atoms with E-state index in [0.29, 0.717) is 5.92 Å². The molecular formula is C19H35IN4OS. The van der Waals surface area contributed by atoms with Gasteiger partial charge in [0.1, 0.15) is 0 Å². The summed E-state index contributed by atoms with van der Waals surface area (Å²) in [5.74, 6) is 1.43. The van der Waals surface area contributed by atoms with Crippen LogP contribution in [0.15, 0.2) is 10.4 Å². The molecule has 2 atom stereocenters. The second kappa shape index (κ2) is 10.8. The molecule has 7 heteroatoms. The molecule has 150 valence electrons. The second-order valence-electron chi connectivity index (χ2n) is 7.97. The summed E-state index contributed by atoms with van der Waals surface area (Å²) in [6, 6.07) is 0. The van der Waals surface area contributed by atoms with Crippen LogP contribution in [0.1, 0.15) is 51.2 Å². The molecule has 0 spiro atoms. The van der Waals surface area contributed by atoms with Crippen molar-refractivity contribution in [3.8, 4) is 0 Å². The maximum atomic E-state index is 6.09. The number of aryl methyl sites for hydroxylation is 1. The monoisotopic (exact) mass is 494 g/mol. The lowest BCUT2D eigenvalue weighted by molar-refractivity contribution is -0.0824. The lowest BCUT2D eigenvalue weighted by Gasteiger charge is -2.39. The number of hydrogen-bond acceptors (Lipinski definition) is 4. The molecule has 5 nitrogen and oxygen atoms in total. The lowest BCUT2D eigenvalue weighted by atomic mass is 9.78. The summed E-state index contributed by atoms with van der Waals surface area (Å²) in [7, 11) is 2.08. The molecular weight excluding hydrogens is 459 g/mol. The Morgan fingerprint density at radius 3 is 2.77 bits per heavy atom. The van der Waals surface area contributed by atoms with Crippen molar-refractivity contribution >= 4 is 41.3 Å². The van der Waals surface area contributed by atoms with Crippen molar-refractivity contribution in [3.05, 3.63) is 16.1 Å². The summed E-state index contributed by atoms with van der Waals surface area (Å²) >= 11 is 1.70. The number of aromatic nitrogens is 1. The van der Waals surface area contributed by atoms with Gasteiger partial charge in [-0.2, -0.15) is 0 Å². The topological polar surface area (TPSA) is 49.8 Å². The van der Waals surface area contributed by atoms with Gasteiger partial charge in [-0.25, -0.2) is 4.98 Å². The fraction of sp³-hybridized carbons (Fsp3) is 0.789. The van der Waals surface area contributed by atoms with Gasteiger partial charge in [0, 0.05) is 38.0 Å². The highest BCUT2D eigenvalue weighted by Crippen LogP contribution is 2.34. The molecule has 0 radical (unpaired) electrons. The van der Waals surface area contributed by atoms with Crippen molar-refractivity contribution in [2.75, 3.05) is 26.7 Å². The number of ether oxygens (including phenoxy) is 1. The summed E-state index contributed by atoms with van der Waals surface area (Å²) in [5.41, 5.74) is 1.26. The number of guanidine groups is 1. The third-order valence-corrected chi connectivity index (χ3v) is 5.36. The van der Waals surface area contributed by atoms with Crippen LogP contribution < -0.4 is 5.32 Å². The highest BCUT2D eigenvalue weighted by molar-refractivity contribution is 14.0. The van der Waals surface area contributed by atoms with E-state index in [1.54, 1.807) is 11.3 Å². The van der Waals surface area contributed by atoms with Crippen molar-refractivity contribution in [3.63, 3.8) is 0 Å². The molecule has 0 amide bonds. The van der Waals surface area contributed by atoms with Crippen LogP contribution in [0, 0.1) is 18.3 Å². The van der Waals surface area contributed by atoms with E-state index >= 15 is 0 Å². The summed E-state index contributed by atoms with van der Waals surface area (Å²) in [4.78, 5) is 11.7. The average molecular weight is 494 g/mol. The SMILES string of the molecule is CCNC(=NCC1CCCOC1C(C)(C)C)N(C)Cc1csc(C)n1.I. The fourth-order valence-electron chi connectivity index (χ4n) is 3.46. The van der Waals surface area contributed by atoms with Crippen LogP contribution in [0.2, 0.25) is 0 Å². The van der Waals surface area contributed by atoms with Crippen LogP contribution in [-0.4, -0.2) is 48.7 Å². The summed E-state index contributed by atoms with van der Waals surface area (Å²) in [6.07, 6.45) is 2.61. The fourth-order valence-corrected chi connectivity index (χ4v) is 4.06. The first-order valence-corrected chi connectivity index (χ1v) is 10.2. The summed E-state index contributed by atoms with van der Waals surface area (Å²) < 4.78 is 6.09. The van der Waals surface area contributed by atoms with Gasteiger partial charge < -0.3 is 15.0 Å². The van der Waals surface area contributed by atoms with E-state index in [4.69, 9.17) is 9.73 Å². The van der Waals surface area contributed by atoms with E-state index in [1.165, 1.54) is 6.42 Å². The van der Waals surface area contributed by atoms with E-state index in [-0.39, 0.29) is 35.5 Å². The minimum absolute atomic E-state index is 0. The van der Waals surface area contributed by atoms with Crippen LogP contribution in [-0.2, 0) is 11.3 Å². The molecule has 0 bridgehead atoms. The molecule has 1 aromatic rings. The van der Waals surface area contributed by atoms with Crippen molar-refractivity contribution in [2.45, 2.75) is 60.1 Å². The Kier molecular flexibility index (Phi) is 9.82. The molecule has 2 heterocycles. The minimum Gasteiger partial charge on any atom is -0.377 e. The smallest absolute Gasteiger partial charge is 0.194 e. The van der Waals surface area contributed by atoms with Gasteiger partial charge in [0.2, 0.25) is 0 Å². The normalized spacial score (nSPS) is 21.2. The molecule has 1 aliphatic heterocycles. The van der Waals surface area contributed by atoms with Gasteiger partial charge in [-0.15, -0.1) is 35.3 Å². The van der Waals surface area contributed by atoms with Gasteiger partial charge in [0.25, 0.3) is 0 Å². The molecule has 0 saturated carbocycles. The van der Waals surface area contributed by atoms with E-state index in [0.717, 1.165) is 49.3 Å². The highest BCUT2D eigenvalue weighted by atomic mass is 127. The van der Waals surface area contributed by atoms with Crippen LogP contribution in [0.25, 0.3) is 0 Å². The lowest BCUT2D eigenvalue weighted by Crippen LogP contribution is -2.43. The molecule has 0 aromatic carbocycles. The Morgan fingerprint density at radius 2 is 2.19 bits per heavy atom. The molecule has 2 rings (SSSR count). The zero-order valence-corrected chi connectivity index (χ0v) is 20.2. The largest absolute Gasteiger partial charge is 0.377 e. The molecule has 1 aromatic heterocycles. The minimum atomic E-state index is 0. The van der Waals surface area contributed by atoms with Crippen LogP contribution >= 0.6 is 35.3 Å². The molecule has 26 heavy (non-hydrogen) atoms. The number of halogens is 1. The molecule has 1 fully saturated rings. The van der Waals surface area contributed by atoms with Gasteiger partial charge in [-0.3, -0.25) is 4.99 Å². The van der Waals surface area contributed by atoms with Crippen molar-refractivity contribution < 1.29 is 4.74 Å². The Balaban J connectivity index is 0.00000338. The quantitative estimate of drug-likeness (QED) is 0.377. The van der Waals surface area contributed by atoms with Crippen LogP contribution in [0.4, 0.5) is 0 Å². The number of nitrogens with one attached hydrogen (secondary N) is 1.